The van der Waals surface area contributed by atoms with Gasteiger partial charge in [-0.3, -0.25) is 14.4 Å². The van der Waals surface area contributed by atoms with Crippen molar-refractivity contribution in [1.82, 2.24) is 14.7 Å². The van der Waals surface area contributed by atoms with Gasteiger partial charge < -0.3 is 19.6 Å². The van der Waals surface area contributed by atoms with Gasteiger partial charge in [0.15, 0.2) is 0 Å². The van der Waals surface area contributed by atoms with Crippen molar-refractivity contribution in [2.45, 2.75) is 53.9 Å². The number of hydrogen-bond acceptors (Lipinski definition) is 5. The molecule has 0 bridgehead atoms. The SMILES string of the molecule is CC(=O)N1CCC(C(=O)N(CCCN2CC3CN(C(=O)c4c(C)sc(C)c4C)CC3C2)c2ccc(C)c(Cl)c2)CC1. The Balaban J connectivity index is 1.17. The number of carbonyl (C=O) groups is 3. The molecule has 5 rings (SSSR count). The Morgan fingerprint density at radius 1 is 0.951 bits per heavy atom. The lowest BCUT2D eigenvalue weighted by Crippen LogP contribution is -2.44. The average molecular weight is 599 g/mol. The van der Waals surface area contributed by atoms with Crippen LogP contribution in [0.15, 0.2) is 18.2 Å². The van der Waals surface area contributed by atoms with Crippen molar-refractivity contribution in [2.75, 3.05) is 57.3 Å². The third-order valence-corrected chi connectivity index (χ3v) is 11.0. The fourth-order valence-electron chi connectivity index (χ4n) is 6.94. The second kappa shape index (κ2) is 12.4. The molecule has 0 N–H and O–H groups in total. The van der Waals surface area contributed by atoms with E-state index in [0.717, 1.165) is 66.4 Å². The number of carbonyl (C=O) groups excluding carboxylic acids is 3. The number of hydrogen-bond donors (Lipinski definition) is 0. The molecule has 3 aliphatic rings. The zero-order valence-corrected chi connectivity index (χ0v) is 26.6. The van der Waals surface area contributed by atoms with Gasteiger partial charge in [0, 0.05) is 79.1 Å². The van der Waals surface area contributed by atoms with Gasteiger partial charge in [-0.1, -0.05) is 17.7 Å². The quantitative estimate of drug-likeness (QED) is 0.433. The Kier molecular flexibility index (Phi) is 9.12. The Morgan fingerprint density at radius 3 is 2.17 bits per heavy atom. The molecule has 0 spiro atoms. The van der Waals surface area contributed by atoms with Crippen molar-refractivity contribution in [2.24, 2.45) is 17.8 Å². The van der Waals surface area contributed by atoms with E-state index in [1.54, 1.807) is 18.3 Å². The summed E-state index contributed by atoms with van der Waals surface area (Å²) in [5, 5.41) is 0.668. The largest absolute Gasteiger partial charge is 0.343 e. The predicted octanol–water partition coefficient (Wildman–Crippen LogP) is 5.32. The molecule has 3 saturated heterocycles. The average Bonchev–Trinajstić information content (AvgIpc) is 3.59. The maximum Gasteiger partial charge on any atom is 0.255 e. The summed E-state index contributed by atoms with van der Waals surface area (Å²) in [5.41, 5.74) is 3.89. The predicted molar refractivity (Wildman–Crippen MR) is 166 cm³/mol. The van der Waals surface area contributed by atoms with Gasteiger partial charge in [0.1, 0.15) is 0 Å². The third-order valence-electron chi connectivity index (χ3n) is 9.50. The lowest BCUT2D eigenvalue weighted by molar-refractivity contribution is -0.133. The van der Waals surface area contributed by atoms with Crippen molar-refractivity contribution in [3.05, 3.63) is 49.7 Å². The summed E-state index contributed by atoms with van der Waals surface area (Å²) >= 11 is 8.19. The van der Waals surface area contributed by atoms with E-state index in [-0.39, 0.29) is 23.6 Å². The minimum Gasteiger partial charge on any atom is -0.343 e. The number of likely N-dealkylation sites (tertiary alicyclic amines) is 3. The van der Waals surface area contributed by atoms with Gasteiger partial charge in [0.2, 0.25) is 11.8 Å². The molecule has 0 saturated carbocycles. The van der Waals surface area contributed by atoms with E-state index < -0.39 is 0 Å². The van der Waals surface area contributed by atoms with Crippen molar-refractivity contribution in [3.8, 4) is 0 Å². The second-order valence-corrected chi connectivity index (χ2v) is 14.1. The molecule has 41 heavy (non-hydrogen) atoms. The molecule has 0 radical (unpaired) electrons. The van der Waals surface area contributed by atoms with Crippen LogP contribution in [0.3, 0.4) is 0 Å². The molecular formula is C32H43ClN4O3S. The first-order chi connectivity index (χ1) is 19.5. The van der Waals surface area contributed by atoms with E-state index in [4.69, 9.17) is 11.6 Å². The van der Waals surface area contributed by atoms with Crippen LogP contribution in [0.5, 0.6) is 0 Å². The summed E-state index contributed by atoms with van der Waals surface area (Å²) in [4.78, 5) is 49.6. The van der Waals surface area contributed by atoms with E-state index in [0.29, 0.717) is 49.3 Å². The number of nitrogens with zero attached hydrogens (tertiary/aromatic N) is 4. The van der Waals surface area contributed by atoms with Gasteiger partial charge in [-0.25, -0.2) is 0 Å². The van der Waals surface area contributed by atoms with Crippen LogP contribution in [-0.4, -0.2) is 84.8 Å². The highest BCUT2D eigenvalue weighted by Gasteiger charge is 2.42. The summed E-state index contributed by atoms with van der Waals surface area (Å²) in [6.45, 7) is 16.3. The van der Waals surface area contributed by atoms with Crippen LogP contribution in [-0.2, 0) is 9.59 Å². The third kappa shape index (κ3) is 6.35. The molecule has 1 aromatic heterocycles. The van der Waals surface area contributed by atoms with Crippen LogP contribution in [0.1, 0.15) is 57.4 Å². The number of benzene rings is 1. The molecule has 0 aliphatic carbocycles. The monoisotopic (exact) mass is 598 g/mol. The highest BCUT2D eigenvalue weighted by atomic mass is 35.5. The van der Waals surface area contributed by atoms with Gasteiger partial charge >= 0.3 is 0 Å². The number of amides is 3. The maximum atomic E-state index is 13.8. The van der Waals surface area contributed by atoms with Gasteiger partial charge in [-0.15, -0.1) is 11.3 Å². The second-order valence-electron chi connectivity index (χ2n) is 12.3. The van der Waals surface area contributed by atoms with Crippen molar-refractivity contribution >= 4 is 46.3 Å². The zero-order chi connectivity index (χ0) is 29.4. The Labute approximate surface area is 253 Å². The maximum absolute atomic E-state index is 13.8. The lowest BCUT2D eigenvalue weighted by atomic mass is 9.94. The number of aryl methyl sites for hydroxylation is 3. The molecule has 222 valence electrons. The van der Waals surface area contributed by atoms with Crippen molar-refractivity contribution < 1.29 is 14.4 Å². The topological polar surface area (TPSA) is 64.2 Å². The summed E-state index contributed by atoms with van der Waals surface area (Å²) in [6.07, 6.45) is 2.27. The van der Waals surface area contributed by atoms with Crippen LogP contribution in [0.2, 0.25) is 5.02 Å². The summed E-state index contributed by atoms with van der Waals surface area (Å²) in [6, 6.07) is 5.88. The highest BCUT2D eigenvalue weighted by molar-refractivity contribution is 7.12. The van der Waals surface area contributed by atoms with Crippen molar-refractivity contribution in [1.29, 1.82) is 0 Å². The van der Waals surface area contributed by atoms with Gasteiger partial charge in [0.05, 0.1) is 5.56 Å². The number of anilines is 1. The first-order valence-corrected chi connectivity index (χ1v) is 16.1. The van der Waals surface area contributed by atoms with E-state index in [9.17, 15) is 14.4 Å². The standard InChI is InChI=1S/C32H43ClN4O3S/c1-20-7-8-28(15-29(20)33)37(31(39)25-9-13-35(14-10-25)24(5)38)12-6-11-34-16-26-18-36(19-27(26)17-34)32(40)30-21(2)22(3)41-23(30)4/h7-8,15,25-27H,6,9-14,16-19H2,1-5H3. The molecule has 3 amide bonds. The van der Waals surface area contributed by atoms with Crippen molar-refractivity contribution in [3.63, 3.8) is 0 Å². The number of thiophene rings is 1. The van der Waals surface area contributed by atoms with Crippen LogP contribution in [0.25, 0.3) is 0 Å². The highest BCUT2D eigenvalue weighted by Crippen LogP contribution is 2.35. The first-order valence-electron chi connectivity index (χ1n) is 14.9. The van der Waals surface area contributed by atoms with Gasteiger partial charge in [0.25, 0.3) is 5.91 Å². The molecule has 2 aromatic rings. The number of piperidine rings is 1. The molecule has 3 fully saturated rings. The van der Waals surface area contributed by atoms with Gasteiger partial charge in [-0.2, -0.15) is 0 Å². The molecule has 2 unspecified atom stereocenters. The van der Waals surface area contributed by atoms with E-state index in [2.05, 4.69) is 30.6 Å². The zero-order valence-electron chi connectivity index (χ0n) is 25.0. The summed E-state index contributed by atoms with van der Waals surface area (Å²) < 4.78 is 0. The first kappa shape index (κ1) is 30.1. The molecule has 7 nitrogen and oxygen atoms in total. The molecule has 9 heteroatoms. The summed E-state index contributed by atoms with van der Waals surface area (Å²) in [7, 11) is 0. The Bertz CT molecular complexity index is 1300. The normalized spacial score (nSPS) is 21.4. The minimum absolute atomic E-state index is 0.0766. The molecular weight excluding hydrogens is 556 g/mol. The van der Waals surface area contributed by atoms with E-state index >= 15 is 0 Å². The van der Waals surface area contributed by atoms with Crippen LogP contribution in [0.4, 0.5) is 5.69 Å². The number of fused-ring (bicyclic) bond motifs is 1. The Morgan fingerprint density at radius 2 is 1.61 bits per heavy atom. The molecule has 4 heterocycles. The fourth-order valence-corrected chi connectivity index (χ4v) is 8.17. The smallest absolute Gasteiger partial charge is 0.255 e. The molecule has 1 aromatic carbocycles. The van der Waals surface area contributed by atoms with Crippen LogP contribution < -0.4 is 4.90 Å². The minimum atomic E-state index is -0.0837. The van der Waals surface area contributed by atoms with Crippen LogP contribution in [0, 0.1) is 45.4 Å². The van der Waals surface area contributed by atoms with Crippen LogP contribution >= 0.6 is 22.9 Å². The van der Waals surface area contributed by atoms with E-state index in [1.165, 1.54) is 4.88 Å². The molecule has 3 aliphatic heterocycles. The van der Waals surface area contributed by atoms with E-state index in [1.807, 2.05) is 34.9 Å². The van der Waals surface area contributed by atoms with Gasteiger partial charge in [-0.05, 0) is 88.6 Å². The molecule has 2 atom stereocenters. The number of rotatable bonds is 7. The number of halogens is 1. The lowest BCUT2D eigenvalue weighted by Gasteiger charge is -2.34. The fraction of sp³-hybridized carbons (Fsp3) is 0.594. The Hall–Kier alpha value is -2.42. The summed E-state index contributed by atoms with van der Waals surface area (Å²) in [5.74, 6) is 1.35.